The predicted octanol–water partition coefficient (Wildman–Crippen LogP) is 2.51. The molecule has 3 rings (SSSR count). The first kappa shape index (κ1) is 17.5. The van der Waals surface area contributed by atoms with Gasteiger partial charge in [0.2, 0.25) is 11.8 Å². The normalized spacial score (nSPS) is 22.3. The molecule has 0 bridgehead atoms. The first-order valence-corrected chi connectivity index (χ1v) is 9.01. The second kappa shape index (κ2) is 7.30. The van der Waals surface area contributed by atoms with Gasteiger partial charge in [-0.15, -0.1) is 0 Å². The van der Waals surface area contributed by atoms with Gasteiger partial charge >= 0.3 is 0 Å². The highest BCUT2D eigenvalue weighted by atomic mass is 35.5. The van der Waals surface area contributed by atoms with Crippen LogP contribution in [0.2, 0.25) is 10.0 Å². The third-order valence-corrected chi connectivity index (χ3v) is 5.36. The molecule has 24 heavy (non-hydrogen) atoms. The molecule has 7 heteroatoms. The summed E-state index contributed by atoms with van der Waals surface area (Å²) in [4.78, 5) is 30.9. The van der Waals surface area contributed by atoms with Crippen molar-refractivity contribution in [1.29, 1.82) is 0 Å². The van der Waals surface area contributed by atoms with Gasteiger partial charge in [-0.3, -0.25) is 9.59 Å². The van der Waals surface area contributed by atoms with E-state index in [-0.39, 0.29) is 24.2 Å². The molecule has 0 radical (unpaired) electrons. The Morgan fingerprint density at radius 1 is 1.21 bits per heavy atom. The van der Waals surface area contributed by atoms with Gasteiger partial charge in [0.15, 0.2) is 0 Å². The molecular formula is C17H21Cl2N3O2. The van der Waals surface area contributed by atoms with Crippen LogP contribution in [0.15, 0.2) is 18.2 Å². The predicted molar refractivity (Wildman–Crippen MR) is 95.6 cm³/mol. The van der Waals surface area contributed by atoms with E-state index in [1.807, 2.05) is 4.90 Å². The van der Waals surface area contributed by atoms with Crippen LogP contribution < -0.4 is 4.90 Å². The molecule has 5 nitrogen and oxygen atoms in total. The largest absolute Gasteiger partial charge is 0.340 e. The topological polar surface area (TPSA) is 43.9 Å². The van der Waals surface area contributed by atoms with Crippen molar-refractivity contribution >= 4 is 40.7 Å². The van der Waals surface area contributed by atoms with Gasteiger partial charge in [-0.1, -0.05) is 30.1 Å². The third-order valence-electron chi connectivity index (χ3n) is 4.80. The molecule has 0 N–H and O–H groups in total. The average Bonchev–Trinajstić information content (AvgIpc) is 2.98. The molecule has 2 aliphatic rings. The quantitative estimate of drug-likeness (QED) is 0.821. The number of halogens is 2. The van der Waals surface area contributed by atoms with Crippen LogP contribution in [-0.4, -0.2) is 60.9 Å². The minimum atomic E-state index is -0.305. The maximum absolute atomic E-state index is 12.7. The number of likely N-dealkylation sites (N-methyl/N-ethyl adjacent to an activating group) is 1. The highest BCUT2D eigenvalue weighted by Crippen LogP contribution is 2.34. The van der Waals surface area contributed by atoms with Crippen molar-refractivity contribution in [2.24, 2.45) is 5.92 Å². The van der Waals surface area contributed by atoms with E-state index in [1.165, 1.54) is 0 Å². The fourth-order valence-corrected chi connectivity index (χ4v) is 3.73. The maximum Gasteiger partial charge on any atom is 0.228 e. The van der Waals surface area contributed by atoms with Crippen molar-refractivity contribution in [2.45, 2.75) is 13.3 Å². The highest BCUT2D eigenvalue weighted by Gasteiger charge is 2.38. The lowest BCUT2D eigenvalue weighted by Crippen LogP contribution is -2.50. The van der Waals surface area contributed by atoms with Crippen LogP contribution in [0.3, 0.4) is 0 Å². The zero-order chi connectivity index (χ0) is 17.3. The van der Waals surface area contributed by atoms with E-state index in [2.05, 4.69) is 11.8 Å². The molecule has 1 atom stereocenters. The summed E-state index contributed by atoms with van der Waals surface area (Å²) in [5.41, 5.74) is 0.584. The first-order chi connectivity index (χ1) is 11.5. The fraction of sp³-hybridized carbons (Fsp3) is 0.529. The summed E-state index contributed by atoms with van der Waals surface area (Å²) < 4.78 is 0. The lowest BCUT2D eigenvalue weighted by molar-refractivity contribution is -0.137. The Balaban J connectivity index is 1.68. The van der Waals surface area contributed by atoms with Gasteiger partial charge in [0.25, 0.3) is 0 Å². The molecule has 0 spiro atoms. The van der Waals surface area contributed by atoms with Gasteiger partial charge in [-0.05, 0) is 24.7 Å². The minimum Gasteiger partial charge on any atom is -0.340 e. The van der Waals surface area contributed by atoms with Crippen LogP contribution in [0.5, 0.6) is 0 Å². The number of piperazine rings is 1. The van der Waals surface area contributed by atoms with Crippen LogP contribution >= 0.6 is 23.2 Å². The molecule has 0 saturated carbocycles. The summed E-state index contributed by atoms with van der Waals surface area (Å²) >= 11 is 12.2. The van der Waals surface area contributed by atoms with E-state index in [0.717, 1.165) is 32.7 Å². The summed E-state index contributed by atoms with van der Waals surface area (Å²) in [6.45, 7) is 6.75. The number of nitrogens with zero attached hydrogens (tertiary/aromatic N) is 3. The summed E-state index contributed by atoms with van der Waals surface area (Å²) in [5.74, 6) is -0.315. The van der Waals surface area contributed by atoms with E-state index in [4.69, 9.17) is 23.2 Å². The number of hydrogen-bond donors (Lipinski definition) is 0. The zero-order valence-corrected chi connectivity index (χ0v) is 15.2. The van der Waals surface area contributed by atoms with Crippen molar-refractivity contribution in [3.63, 3.8) is 0 Å². The van der Waals surface area contributed by atoms with Gasteiger partial charge in [0, 0.05) is 44.2 Å². The lowest BCUT2D eigenvalue weighted by atomic mass is 10.1. The van der Waals surface area contributed by atoms with Crippen LogP contribution in [0.1, 0.15) is 13.3 Å². The molecule has 2 heterocycles. The molecule has 1 unspecified atom stereocenters. The smallest absolute Gasteiger partial charge is 0.228 e. The van der Waals surface area contributed by atoms with E-state index >= 15 is 0 Å². The molecule has 1 aromatic rings. The first-order valence-electron chi connectivity index (χ1n) is 8.26. The number of rotatable bonds is 3. The Morgan fingerprint density at radius 2 is 1.92 bits per heavy atom. The van der Waals surface area contributed by atoms with Crippen molar-refractivity contribution < 1.29 is 9.59 Å². The Morgan fingerprint density at radius 3 is 2.58 bits per heavy atom. The molecule has 2 amide bonds. The summed E-state index contributed by atoms with van der Waals surface area (Å²) in [6, 6.07) is 5.03. The average molecular weight is 370 g/mol. The highest BCUT2D eigenvalue weighted by molar-refractivity contribution is 6.35. The lowest BCUT2D eigenvalue weighted by Gasteiger charge is -2.35. The van der Waals surface area contributed by atoms with E-state index in [1.54, 1.807) is 23.1 Å². The summed E-state index contributed by atoms with van der Waals surface area (Å²) in [6.07, 6.45) is 0.232. The Hall–Kier alpha value is -1.30. The monoisotopic (exact) mass is 369 g/mol. The molecular weight excluding hydrogens is 349 g/mol. The minimum absolute atomic E-state index is 0.0692. The maximum atomic E-state index is 12.7. The third kappa shape index (κ3) is 3.53. The number of benzene rings is 1. The van der Waals surface area contributed by atoms with Crippen LogP contribution in [-0.2, 0) is 9.59 Å². The molecule has 130 valence electrons. The van der Waals surface area contributed by atoms with Crippen molar-refractivity contribution in [1.82, 2.24) is 9.80 Å². The fourth-order valence-electron chi connectivity index (χ4n) is 3.34. The molecule has 2 aliphatic heterocycles. The van der Waals surface area contributed by atoms with Crippen molar-refractivity contribution in [3.05, 3.63) is 28.2 Å². The number of carbonyl (C=O) groups is 2. The standard InChI is InChI=1S/C17H21Cl2N3O2/c1-2-20-5-7-21(8-6-20)17(24)12-9-16(23)22(11-12)15-10-13(18)3-4-14(15)19/h3-4,10,12H,2,5-9,11H2,1H3. The number of amides is 2. The Bertz CT molecular complexity index is 645. The van der Waals surface area contributed by atoms with Gasteiger partial charge in [-0.25, -0.2) is 0 Å². The summed E-state index contributed by atoms with van der Waals surface area (Å²) in [7, 11) is 0. The Labute approximate surface area is 152 Å². The number of carbonyl (C=O) groups excluding carboxylic acids is 2. The molecule has 1 aromatic carbocycles. The van der Waals surface area contributed by atoms with Gasteiger partial charge in [0.1, 0.15) is 0 Å². The Kier molecular flexibility index (Phi) is 5.33. The zero-order valence-electron chi connectivity index (χ0n) is 13.7. The second-order valence-corrected chi connectivity index (χ2v) is 7.10. The van der Waals surface area contributed by atoms with Gasteiger partial charge < -0.3 is 14.7 Å². The molecule has 0 aromatic heterocycles. The summed E-state index contributed by atoms with van der Waals surface area (Å²) in [5, 5.41) is 0.991. The van der Waals surface area contributed by atoms with E-state index < -0.39 is 0 Å². The van der Waals surface area contributed by atoms with Crippen molar-refractivity contribution in [2.75, 3.05) is 44.2 Å². The molecule has 0 aliphatic carbocycles. The van der Waals surface area contributed by atoms with Gasteiger partial charge in [-0.2, -0.15) is 0 Å². The van der Waals surface area contributed by atoms with E-state index in [0.29, 0.717) is 22.3 Å². The van der Waals surface area contributed by atoms with Crippen molar-refractivity contribution in [3.8, 4) is 0 Å². The van der Waals surface area contributed by atoms with Gasteiger partial charge in [0.05, 0.1) is 16.6 Å². The molecule has 2 fully saturated rings. The number of anilines is 1. The number of hydrogen-bond acceptors (Lipinski definition) is 3. The van der Waals surface area contributed by atoms with Crippen LogP contribution in [0, 0.1) is 5.92 Å². The van der Waals surface area contributed by atoms with Crippen LogP contribution in [0.4, 0.5) is 5.69 Å². The molecule has 2 saturated heterocycles. The SMILES string of the molecule is CCN1CCN(C(=O)C2CC(=O)N(c3cc(Cl)ccc3Cl)C2)CC1. The van der Waals surface area contributed by atoms with E-state index in [9.17, 15) is 9.59 Å². The second-order valence-electron chi connectivity index (χ2n) is 6.26. The van der Waals surface area contributed by atoms with Crippen LogP contribution in [0.25, 0.3) is 0 Å².